The van der Waals surface area contributed by atoms with E-state index in [-0.39, 0.29) is 18.9 Å². The maximum atomic E-state index is 12.4. The van der Waals surface area contributed by atoms with Crippen LogP contribution in [0.25, 0.3) is 0 Å². The third-order valence-electron chi connectivity index (χ3n) is 3.75. The van der Waals surface area contributed by atoms with E-state index in [0.29, 0.717) is 5.75 Å². The molecular formula is C16H17N5O4. The first-order valence-corrected chi connectivity index (χ1v) is 7.61. The Bertz CT molecular complexity index is 772. The van der Waals surface area contributed by atoms with Crippen molar-refractivity contribution in [2.45, 2.75) is 19.0 Å². The number of ether oxygens (including phenoxy) is 1. The molecule has 0 bridgehead atoms. The molecule has 3 N–H and O–H groups in total. The van der Waals surface area contributed by atoms with E-state index in [9.17, 15) is 14.4 Å². The number of H-pyrrole nitrogens is 1. The van der Waals surface area contributed by atoms with Crippen molar-refractivity contribution in [3.63, 3.8) is 0 Å². The molecule has 1 aliphatic heterocycles. The van der Waals surface area contributed by atoms with E-state index in [0.717, 1.165) is 10.5 Å². The molecule has 0 radical (unpaired) electrons. The Balaban J connectivity index is 1.60. The molecule has 9 nitrogen and oxygen atoms in total. The highest BCUT2D eigenvalue weighted by molar-refractivity contribution is 6.06. The van der Waals surface area contributed by atoms with Crippen molar-refractivity contribution in [1.82, 2.24) is 20.2 Å². The number of carbonyl (C=O) groups excluding carboxylic acids is 3. The zero-order valence-corrected chi connectivity index (χ0v) is 13.5. The Morgan fingerprint density at radius 2 is 2.08 bits per heavy atom. The van der Waals surface area contributed by atoms with Gasteiger partial charge in [-0.2, -0.15) is 0 Å². The van der Waals surface area contributed by atoms with Gasteiger partial charge in [0, 0.05) is 12.4 Å². The third-order valence-corrected chi connectivity index (χ3v) is 3.75. The van der Waals surface area contributed by atoms with E-state index in [1.807, 2.05) is 0 Å². The van der Waals surface area contributed by atoms with Crippen LogP contribution in [-0.2, 0) is 16.1 Å². The van der Waals surface area contributed by atoms with Crippen molar-refractivity contribution in [3.8, 4) is 5.75 Å². The van der Waals surface area contributed by atoms with Gasteiger partial charge < -0.3 is 15.0 Å². The fourth-order valence-corrected chi connectivity index (χ4v) is 2.48. The lowest BCUT2D eigenvalue weighted by molar-refractivity contribution is -0.130. The summed E-state index contributed by atoms with van der Waals surface area (Å²) in [4.78, 5) is 44.1. The average Bonchev–Trinajstić information content (AvgIpc) is 3.19. The monoisotopic (exact) mass is 343 g/mol. The molecule has 1 saturated heterocycles. The number of aromatic amines is 1. The molecule has 1 fully saturated rings. The topological polar surface area (TPSA) is 116 Å². The molecule has 1 aliphatic rings. The first kappa shape index (κ1) is 16.5. The fraction of sp³-hybridized carbons (Fsp3) is 0.250. The second-order valence-electron chi connectivity index (χ2n) is 5.46. The molecule has 9 heteroatoms. The Morgan fingerprint density at radius 3 is 2.72 bits per heavy atom. The molecule has 0 spiro atoms. The highest BCUT2D eigenvalue weighted by atomic mass is 16.5. The van der Waals surface area contributed by atoms with Gasteiger partial charge in [0.2, 0.25) is 11.9 Å². The number of hydrogen-bond acceptors (Lipinski definition) is 5. The quantitative estimate of drug-likeness (QED) is 0.673. The standard InChI is InChI=1S/C16H17N5O4/c1-25-11-4-2-10(3-5-11)9-21-14(23)12(19-16(21)24)8-13(22)20-15-17-6-7-18-15/h2-7,12H,8-9H2,1H3,(H,19,24)(H2,17,18,20,22)/t12-/m0/s1. The van der Waals surface area contributed by atoms with Crippen molar-refractivity contribution < 1.29 is 19.1 Å². The van der Waals surface area contributed by atoms with Crippen LogP contribution in [0.4, 0.5) is 10.7 Å². The molecule has 2 aromatic rings. The third kappa shape index (κ3) is 3.77. The van der Waals surface area contributed by atoms with Crippen LogP contribution in [0.5, 0.6) is 5.75 Å². The number of hydrogen-bond donors (Lipinski definition) is 3. The summed E-state index contributed by atoms with van der Waals surface area (Å²) in [5.74, 6) is 0.126. The smallest absolute Gasteiger partial charge is 0.325 e. The van der Waals surface area contributed by atoms with Gasteiger partial charge in [0.15, 0.2) is 0 Å². The van der Waals surface area contributed by atoms with E-state index in [4.69, 9.17) is 4.74 Å². The first-order chi connectivity index (χ1) is 12.1. The van der Waals surface area contributed by atoms with Crippen molar-refractivity contribution in [2.24, 2.45) is 0 Å². The summed E-state index contributed by atoms with van der Waals surface area (Å²) in [6.45, 7) is 0.130. The highest BCUT2D eigenvalue weighted by Gasteiger charge is 2.39. The molecule has 0 aliphatic carbocycles. The van der Waals surface area contributed by atoms with Crippen LogP contribution in [0, 0.1) is 0 Å². The summed E-state index contributed by atoms with van der Waals surface area (Å²) in [5.41, 5.74) is 0.782. The van der Waals surface area contributed by atoms with E-state index < -0.39 is 23.9 Å². The Hall–Kier alpha value is -3.36. The molecule has 1 atom stereocenters. The Morgan fingerprint density at radius 1 is 1.32 bits per heavy atom. The minimum absolute atomic E-state index is 0.130. The molecule has 1 aromatic heterocycles. The molecule has 130 valence electrons. The van der Waals surface area contributed by atoms with Crippen LogP contribution in [0.15, 0.2) is 36.7 Å². The normalized spacial score (nSPS) is 16.7. The van der Waals surface area contributed by atoms with Gasteiger partial charge in [0.25, 0.3) is 5.91 Å². The molecule has 4 amide bonds. The van der Waals surface area contributed by atoms with Gasteiger partial charge in [-0.3, -0.25) is 19.8 Å². The summed E-state index contributed by atoms with van der Waals surface area (Å²) in [5, 5.41) is 5.05. The molecule has 3 rings (SSSR count). The van der Waals surface area contributed by atoms with Crippen LogP contribution in [0.2, 0.25) is 0 Å². The summed E-state index contributed by atoms with van der Waals surface area (Å²) in [6.07, 6.45) is 2.90. The Labute approximate surface area is 143 Å². The molecule has 0 unspecified atom stereocenters. The van der Waals surface area contributed by atoms with Gasteiger partial charge in [-0.05, 0) is 17.7 Å². The summed E-state index contributed by atoms with van der Waals surface area (Å²) in [7, 11) is 1.56. The number of nitrogens with zero attached hydrogens (tertiary/aromatic N) is 2. The maximum Gasteiger partial charge on any atom is 0.325 e. The number of aromatic nitrogens is 2. The zero-order valence-electron chi connectivity index (χ0n) is 13.5. The molecular weight excluding hydrogens is 326 g/mol. The lowest BCUT2D eigenvalue weighted by atomic mass is 10.1. The number of benzene rings is 1. The fourth-order valence-electron chi connectivity index (χ4n) is 2.48. The predicted molar refractivity (Wildman–Crippen MR) is 87.7 cm³/mol. The number of anilines is 1. The maximum absolute atomic E-state index is 12.4. The number of imide groups is 1. The lowest BCUT2D eigenvalue weighted by Crippen LogP contribution is -2.34. The van der Waals surface area contributed by atoms with Crippen LogP contribution >= 0.6 is 0 Å². The summed E-state index contributed by atoms with van der Waals surface area (Å²) >= 11 is 0. The molecule has 2 heterocycles. The number of rotatable bonds is 6. The second-order valence-corrected chi connectivity index (χ2v) is 5.46. The van der Waals surface area contributed by atoms with Crippen LogP contribution in [0.1, 0.15) is 12.0 Å². The number of urea groups is 1. The molecule has 25 heavy (non-hydrogen) atoms. The number of amides is 4. The van der Waals surface area contributed by atoms with E-state index in [1.54, 1.807) is 37.6 Å². The highest BCUT2D eigenvalue weighted by Crippen LogP contribution is 2.17. The summed E-state index contributed by atoms with van der Waals surface area (Å²) in [6, 6.07) is 5.65. The van der Waals surface area contributed by atoms with Crippen molar-refractivity contribution in [2.75, 3.05) is 12.4 Å². The van der Waals surface area contributed by atoms with E-state index >= 15 is 0 Å². The van der Waals surface area contributed by atoms with E-state index in [1.165, 1.54) is 6.20 Å². The molecule has 1 aromatic carbocycles. The Kier molecular flexibility index (Phi) is 4.64. The van der Waals surface area contributed by atoms with E-state index in [2.05, 4.69) is 20.6 Å². The molecule has 0 saturated carbocycles. The van der Waals surface area contributed by atoms with Gasteiger partial charge in [-0.15, -0.1) is 0 Å². The van der Waals surface area contributed by atoms with Crippen molar-refractivity contribution in [1.29, 1.82) is 0 Å². The van der Waals surface area contributed by atoms with Crippen LogP contribution in [0.3, 0.4) is 0 Å². The second kappa shape index (κ2) is 7.04. The zero-order chi connectivity index (χ0) is 17.8. The van der Waals surface area contributed by atoms with Gasteiger partial charge in [0.1, 0.15) is 11.8 Å². The summed E-state index contributed by atoms with van der Waals surface area (Å²) < 4.78 is 5.07. The number of methoxy groups -OCH3 is 1. The number of carbonyl (C=O) groups is 3. The van der Waals surface area contributed by atoms with Gasteiger partial charge in [-0.25, -0.2) is 9.78 Å². The van der Waals surface area contributed by atoms with Gasteiger partial charge in [0.05, 0.1) is 20.1 Å². The van der Waals surface area contributed by atoms with Crippen LogP contribution < -0.4 is 15.4 Å². The largest absolute Gasteiger partial charge is 0.497 e. The van der Waals surface area contributed by atoms with Gasteiger partial charge >= 0.3 is 6.03 Å². The SMILES string of the molecule is COc1ccc(CN2C(=O)N[C@@H](CC(=O)Nc3ncc[nH]3)C2=O)cc1. The minimum atomic E-state index is -0.888. The van der Waals surface area contributed by atoms with Crippen molar-refractivity contribution in [3.05, 3.63) is 42.2 Å². The number of imidazole rings is 1. The lowest BCUT2D eigenvalue weighted by Gasteiger charge is -2.13. The average molecular weight is 343 g/mol. The minimum Gasteiger partial charge on any atom is -0.497 e. The van der Waals surface area contributed by atoms with Gasteiger partial charge in [-0.1, -0.05) is 12.1 Å². The van der Waals surface area contributed by atoms with Crippen LogP contribution in [-0.4, -0.2) is 45.9 Å². The number of nitrogens with one attached hydrogen (secondary N) is 3. The first-order valence-electron chi connectivity index (χ1n) is 7.61. The predicted octanol–water partition coefficient (Wildman–Crippen LogP) is 0.867. The van der Waals surface area contributed by atoms with Crippen molar-refractivity contribution >= 4 is 23.8 Å².